The molecule has 0 bridgehead atoms. The maximum absolute atomic E-state index is 12.2. The molecular weight excluding hydrogens is 283 g/mol. The van der Waals surface area contributed by atoms with Crippen LogP contribution in [0.2, 0.25) is 0 Å². The minimum absolute atomic E-state index is 0.0972. The number of nitrogens with zero attached hydrogens (tertiary/aromatic N) is 3. The lowest BCUT2D eigenvalue weighted by Crippen LogP contribution is -1.98. The number of benzene rings is 1. The van der Waals surface area contributed by atoms with Crippen molar-refractivity contribution in [3.05, 3.63) is 24.3 Å². The zero-order chi connectivity index (χ0) is 13.0. The zero-order valence-electron chi connectivity index (χ0n) is 9.02. The fourth-order valence-electron chi connectivity index (χ4n) is 1.23. The maximum atomic E-state index is 12.2. The number of alkyl halides is 3. The van der Waals surface area contributed by atoms with Crippen LogP contribution in [0.25, 0.3) is 0 Å². The molecule has 96 valence electrons. The van der Waals surface area contributed by atoms with E-state index in [-0.39, 0.29) is 16.7 Å². The zero-order valence-corrected chi connectivity index (χ0v) is 10.6. The van der Waals surface area contributed by atoms with Crippen LogP contribution in [0.1, 0.15) is 0 Å². The third-order valence-corrected chi connectivity index (χ3v) is 3.45. The monoisotopic (exact) mass is 291 g/mol. The second-order valence-electron chi connectivity index (χ2n) is 3.26. The Morgan fingerprint density at radius 1 is 1.28 bits per heavy atom. The summed E-state index contributed by atoms with van der Waals surface area (Å²) >= 11 is 1.32. The summed E-state index contributed by atoms with van der Waals surface area (Å²) in [4.78, 5) is 4.16. The number of aliphatic imine (C=N–C) groups is 1. The van der Waals surface area contributed by atoms with Crippen LogP contribution in [0.3, 0.4) is 0 Å². The molecule has 0 aliphatic carbocycles. The normalized spacial score (nSPS) is 16.3. The molecule has 1 heterocycles. The van der Waals surface area contributed by atoms with E-state index in [1.165, 1.54) is 30.0 Å². The number of hydrogen-bond acceptors (Lipinski definition) is 5. The summed E-state index contributed by atoms with van der Waals surface area (Å²) in [7, 11) is 0. The van der Waals surface area contributed by atoms with Gasteiger partial charge in [0.25, 0.3) is 0 Å². The van der Waals surface area contributed by atoms with E-state index in [0.717, 1.165) is 5.75 Å². The fraction of sp³-hybridized carbons (Fsp3) is 0.300. The van der Waals surface area contributed by atoms with Crippen LogP contribution in [0, 0.1) is 0 Å². The molecule has 2 rings (SSSR count). The van der Waals surface area contributed by atoms with Gasteiger partial charge in [-0.2, -0.15) is 13.2 Å². The molecule has 0 fully saturated rings. The predicted molar refractivity (Wildman–Crippen MR) is 67.6 cm³/mol. The maximum Gasteiger partial charge on any atom is 0.446 e. The van der Waals surface area contributed by atoms with Gasteiger partial charge in [0.2, 0.25) is 5.17 Å². The molecule has 3 nitrogen and oxygen atoms in total. The van der Waals surface area contributed by atoms with Crippen LogP contribution in [-0.2, 0) is 0 Å². The second-order valence-corrected chi connectivity index (χ2v) is 5.46. The molecule has 8 heteroatoms. The molecule has 0 saturated carbocycles. The molecule has 1 aliphatic heterocycles. The standard InChI is InChI=1S/C10H8F3N3S2/c11-10(12,13)18-8-3-1-2-7(6-8)15-16-9-14-4-5-17-9/h1-3,6H,4-5H2/b16-15+. The molecule has 18 heavy (non-hydrogen) atoms. The quantitative estimate of drug-likeness (QED) is 0.595. The Labute approximate surface area is 110 Å². The molecule has 0 spiro atoms. The number of rotatable bonds is 2. The van der Waals surface area contributed by atoms with E-state index in [9.17, 15) is 13.2 Å². The Bertz CT molecular complexity index is 486. The van der Waals surface area contributed by atoms with Crippen LogP contribution >= 0.6 is 23.5 Å². The van der Waals surface area contributed by atoms with Crippen molar-refractivity contribution in [2.75, 3.05) is 12.3 Å². The van der Waals surface area contributed by atoms with Gasteiger partial charge in [0.15, 0.2) is 0 Å². The fourth-order valence-corrected chi connectivity index (χ4v) is 2.47. The van der Waals surface area contributed by atoms with Crippen LogP contribution in [0.15, 0.2) is 44.4 Å². The molecule has 0 unspecified atom stereocenters. The van der Waals surface area contributed by atoms with Gasteiger partial charge < -0.3 is 0 Å². The van der Waals surface area contributed by atoms with Crippen LogP contribution in [0.5, 0.6) is 0 Å². The minimum atomic E-state index is -4.29. The average molecular weight is 291 g/mol. The molecule has 0 aromatic heterocycles. The van der Waals surface area contributed by atoms with E-state index in [2.05, 4.69) is 15.2 Å². The van der Waals surface area contributed by atoms with Gasteiger partial charge in [0, 0.05) is 10.6 Å². The highest BCUT2D eigenvalue weighted by molar-refractivity contribution is 8.14. The summed E-state index contributed by atoms with van der Waals surface area (Å²) in [6.07, 6.45) is 0. The number of hydrogen-bond donors (Lipinski definition) is 0. The summed E-state index contributed by atoms with van der Waals surface area (Å²) in [6, 6.07) is 5.86. The predicted octanol–water partition coefficient (Wildman–Crippen LogP) is 4.49. The third kappa shape index (κ3) is 4.34. The van der Waals surface area contributed by atoms with Crippen molar-refractivity contribution in [2.24, 2.45) is 15.2 Å². The topological polar surface area (TPSA) is 37.1 Å². The van der Waals surface area contributed by atoms with Crippen molar-refractivity contribution in [2.45, 2.75) is 10.4 Å². The van der Waals surface area contributed by atoms with Gasteiger partial charge >= 0.3 is 5.51 Å². The molecular formula is C10H8F3N3S2. The van der Waals surface area contributed by atoms with Gasteiger partial charge in [-0.05, 0) is 30.0 Å². The van der Waals surface area contributed by atoms with Crippen molar-refractivity contribution in [1.29, 1.82) is 0 Å². The molecule has 0 radical (unpaired) electrons. The summed E-state index contributed by atoms with van der Waals surface area (Å²) in [5.41, 5.74) is -3.90. The molecule has 1 aliphatic rings. The highest BCUT2D eigenvalue weighted by Crippen LogP contribution is 2.37. The Morgan fingerprint density at radius 3 is 2.78 bits per heavy atom. The first-order valence-electron chi connectivity index (χ1n) is 4.98. The van der Waals surface area contributed by atoms with Crippen LogP contribution < -0.4 is 0 Å². The van der Waals surface area contributed by atoms with E-state index in [4.69, 9.17) is 0 Å². The van der Waals surface area contributed by atoms with Crippen LogP contribution in [0.4, 0.5) is 18.9 Å². The number of thioether (sulfide) groups is 2. The van der Waals surface area contributed by atoms with Gasteiger partial charge in [-0.15, -0.1) is 10.2 Å². The van der Waals surface area contributed by atoms with Gasteiger partial charge in [0.05, 0.1) is 12.2 Å². The number of halogens is 3. The van der Waals surface area contributed by atoms with Crippen molar-refractivity contribution in [3.63, 3.8) is 0 Å². The van der Waals surface area contributed by atoms with Gasteiger partial charge in [0.1, 0.15) is 0 Å². The van der Waals surface area contributed by atoms with E-state index in [1.807, 2.05) is 0 Å². The Kier molecular flexibility index (Phi) is 4.28. The Balaban J connectivity index is 2.07. The molecule has 1 aromatic carbocycles. The van der Waals surface area contributed by atoms with Crippen molar-refractivity contribution in [1.82, 2.24) is 0 Å². The van der Waals surface area contributed by atoms with Crippen molar-refractivity contribution >= 4 is 34.4 Å². The summed E-state index contributed by atoms with van der Waals surface area (Å²) in [5.74, 6) is 0.873. The van der Waals surface area contributed by atoms with Crippen LogP contribution in [-0.4, -0.2) is 23.0 Å². The van der Waals surface area contributed by atoms with Gasteiger partial charge in [-0.3, -0.25) is 4.99 Å². The van der Waals surface area contributed by atoms with E-state index < -0.39 is 5.51 Å². The number of azo groups is 1. The second kappa shape index (κ2) is 5.75. The summed E-state index contributed by atoms with van der Waals surface area (Å²) < 4.78 is 36.6. The first kappa shape index (κ1) is 13.4. The number of amidine groups is 1. The third-order valence-electron chi connectivity index (χ3n) is 1.87. The average Bonchev–Trinajstić information content (AvgIpc) is 2.77. The summed E-state index contributed by atoms with van der Waals surface area (Å²) in [6.45, 7) is 0.711. The lowest BCUT2D eigenvalue weighted by molar-refractivity contribution is -0.0328. The molecule has 0 atom stereocenters. The SMILES string of the molecule is FC(F)(F)Sc1cccc(/N=N/C2=NCCS2)c1. The molecule has 1 aromatic rings. The highest BCUT2D eigenvalue weighted by Gasteiger charge is 2.29. The van der Waals surface area contributed by atoms with Crippen molar-refractivity contribution < 1.29 is 13.2 Å². The first-order valence-corrected chi connectivity index (χ1v) is 6.78. The lowest BCUT2D eigenvalue weighted by atomic mass is 10.3. The smallest absolute Gasteiger partial charge is 0.258 e. The molecule has 0 saturated heterocycles. The Morgan fingerprint density at radius 2 is 2.11 bits per heavy atom. The van der Waals surface area contributed by atoms with Gasteiger partial charge in [-0.1, -0.05) is 17.8 Å². The first-order chi connectivity index (χ1) is 8.53. The molecule has 0 amide bonds. The Hall–Kier alpha value is -1.02. The lowest BCUT2D eigenvalue weighted by Gasteiger charge is -2.05. The van der Waals surface area contributed by atoms with Crippen molar-refractivity contribution in [3.8, 4) is 0 Å². The van der Waals surface area contributed by atoms with Gasteiger partial charge in [-0.25, -0.2) is 0 Å². The van der Waals surface area contributed by atoms with E-state index in [0.29, 0.717) is 17.4 Å². The highest BCUT2D eigenvalue weighted by atomic mass is 32.2. The van der Waals surface area contributed by atoms with E-state index >= 15 is 0 Å². The van der Waals surface area contributed by atoms with E-state index in [1.54, 1.807) is 6.07 Å². The minimum Gasteiger partial charge on any atom is -0.258 e. The largest absolute Gasteiger partial charge is 0.446 e. The summed E-state index contributed by atoms with van der Waals surface area (Å²) in [5, 5.41) is 8.32. The molecule has 0 N–H and O–H groups in total.